The van der Waals surface area contributed by atoms with Crippen molar-refractivity contribution in [2.75, 3.05) is 33.3 Å². The van der Waals surface area contributed by atoms with E-state index in [1.165, 1.54) is 7.11 Å². The van der Waals surface area contributed by atoms with E-state index >= 15 is 0 Å². The fourth-order valence-corrected chi connectivity index (χ4v) is 2.83. The summed E-state index contributed by atoms with van der Waals surface area (Å²) in [6.45, 7) is 8.49. The molecule has 2 amide bonds. The lowest BCUT2D eigenvalue weighted by Crippen LogP contribution is -2.62. The van der Waals surface area contributed by atoms with Crippen molar-refractivity contribution in [1.29, 1.82) is 0 Å². The van der Waals surface area contributed by atoms with Crippen molar-refractivity contribution in [3.8, 4) is 0 Å². The molecule has 0 radical (unpaired) electrons. The summed E-state index contributed by atoms with van der Waals surface area (Å²) >= 11 is 0. The van der Waals surface area contributed by atoms with Gasteiger partial charge in [0.2, 0.25) is 0 Å². The maximum absolute atomic E-state index is 12.0. The van der Waals surface area contributed by atoms with Crippen LogP contribution in [0.2, 0.25) is 0 Å². The van der Waals surface area contributed by atoms with Crippen LogP contribution in [0.1, 0.15) is 33.6 Å². The first-order valence-electron chi connectivity index (χ1n) is 7.06. The Labute approximate surface area is 120 Å². The van der Waals surface area contributed by atoms with E-state index in [0.29, 0.717) is 13.1 Å². The third-order valence-corrected chi connectivity index (χ3v) is 3.96. The van der Waals surface area contributed by atoms with Gasteiger partial charge in [-0.1, -0.05) is 0 Å². The smallest absolute Gasteiger partial charge is 0.410 e. The van der Waals surface area contributed by atoms with Gasteiger partial charge in [0.15, 0.2) is 0 Å². The molecule has 6 nitrogen and oxygen atoms in total. The highest BCUT2D eigenvalue weighted by atomic mass is 16.6. The van der Waals surface area contributed by atoms with Gasteiger partial charge in [0.05, 0.1) is 7.11 Å². The molecule has 0 saturated carbocycles. The number of methoxy groups -OCH3 is 1. The van der Waals surface area contributed by atoms with Crippen molar-refractivity contribution in [3.63, 3.8) is 0 Å². The van der Waals surface area contributed by atoms with E-state index in [1.54, 1.807) is 9.80 Å². The Morgan fingerprint density at radius 1 is 1.00 bits per heavy atom. The molecule has 2 saturated heterocycles. The number of nitrogens with zero attached hydrogens (tertiary/aromatic N) is 2. The minimum Gasteiger partial charge on any atom is -0.453 e. The van der Waals surface area contributed by atoms with E-state index < -0.39 is 5.60 Å². The van der Waals surface area contributed by atoms with E-state index in [1.807, 2.05) is 20.8 Å². The number of hydrogen-bond donors (Lipinski definition) is 0. The Balaban J connectivity index is 1.79. The van der Waals surface area contributed by atoms with Crippen LogP contribution in [0.4, 0.5) is 9.59 Å². The molecule has 0 aromatic heterocycles. The summed E-state index contributed by atoms with van der Waals surface area (Å²) in [5.74, 6) is 0. The fraction of sp³-hybridized carbons (Fsp3) is 0.857. The molecule has 2 rings (SSSR count). The van der Waals surface area contributed by atoms with Gasteiger partial charge in [-0.2, -0.15) is 0 Å². The maximum atomic E-state index is 12.0. The predicted molar refractivity (Wildman–Crippen MR) is 73.5 cm³/mol. The molecule has 0 aromatic carbocycles. The van der Waals surface area contributed by atoms with Gasteiger partial charge in [-0.3, -0.25) is 0 Å². The quantitative estimate of drug-likeness (QED) is 0.683. The molecule has 114 valence electrons. The summed E-state index contributed by atoms with van der Waals surface area (Å²) < 4.78 is 10.1. The molecule has 0 unspecified atom stereocenters. The fourth-order valence-electron chi connectivity index (χ4n) is 2.83. The van der Waals surface area contributed by atoms with Crippen molar-refractivity contribution in [2.45, 2.75) is 39.2 Å². The van der Waals surface area contributed by atoms with Crippen LogP contribution in [0.3, 0.4) is 0 Å². The average Bonchev–Trinajstić information content (AvgIpc) is 2.33. The Hall–Kier alpha value is -1.46. The number of carbonyl (C=O) groups excluding carboxylic acids is 2. The van der Waals surface area contributed by atoms with Crippen LogP contribution in [-0.4, -0.2) is 60.9 Å². The SMILES string of the molecule is COC(=O)N1CC2(CCN(C(=O)OC(C)(C)C)CC2)C1. The molecule has 2 fully saturated rings. The molecule has 20 heavy (non-hydrogen) atoms. The van der Waals surface area contributed by atoms with Gasteiger partial charge in [0, 0.05) is 31.6 Å². The van der Waals surface area contributed by atoms with E-state index in [4.69, 9.17) is 9.47 Å². The van der Waals surface area contributed by atoms with Gasteiger partial charge in [-0.05, 0) is 33.6 Å². The number of ether oxygens (including phenoxy) is 2. The van der Waals surface area contributed by atoms with Gasteiger partial charge in [-0.25, -0.2) is 9.59 Å². The molecule has 2 aliphatic rings. The topological polar surface area (TPSA) is 59.1 Å². The van der Waals surface area contributed by atoms with Crippen LogP contribution in [0, 0.1) is 5.41 Å². The number of rotatable bonds is 0. The van der Waals surface area contributed by atoms with Crippen LogP contribution in [0.25, 0.3) is 0 Å². The van der Waals surface area contributed by atoms with Gasteiger partial charge >= 0.3 is 12.2 Å². The van der Waals surface area contributed by atoms with Gasteiger partial charge in [0.1, 0.15) is 5.60 Å². The summed E-state index contributed by atoms with van der Waals surface area (Å²) in [5, 5.41) is 0. The second-order valence-corrected chi connectivity index (χ2v) is 6.79. The Morgan fingerprint density at radius 3 is 2.00 bits per heavy atom. The van der Waals surface area contributed by atoms with Gasteiger partial charge < -0.3 is 19.3 Å². The Bertz CT molecular complexity index is 386. The zero-order valence-corrected chi connectivity index (χ0v) is 12.8. The van der Waals surface area contributed by atoms with Gasteiger partial charge in [-0.15, -0.1) is 0 Å². The largest absolute Gasteiger partial charge is 0.453 e. The van der Waals surface area contributed by atoms with Crippen LogP contribution in [0.15, 0.2) is 0 Å². The monoisotopic (exact) mass is 284 g/mol. The van der Waals surface area contributed by atoms with Crippen molar-refractivity contribution in [1.82, 2.24) is 9.80 Å². The molecule has 0 aromatic rings. The lowest BCUT2D eigenvalue weighted by molar-refractivity contribution is -0.0438. The van der Waals surface area contributed by atoms with Crippen molar-refractivity contribution in [2.24, 2.45) is 5.41 Å². The van der Waals surface area contributed by atoms with Gasteiger partial charge in [0.25, 0.3) is 0 Å². The minimum absolute atomic E-state index is 0.173. The molecule has 6 heteroatoms. The van der Waals surface area contributed by atoms with Crippen LogP contribution in [0.5, 0.6) is 0 Å². The Kier molecular flexibility index (Phi) is 3.84. The molecule has 0 N–H and O–H groups in total. The first-order valence-corrected chi connectivity index (χ1v) is 7.06. The van der Waals surface area contributed by atoms with E-state index in [0.717, 1.165) is 25.9 Å². The van der Waals surface area contributed by atoms with E-state index in [2.05, 4.69) is 0 Å². The highest BCUT2D eigenvalue weighted by Crippen LogP contribution is 2.40. The summed E-state index contributed by atoms with van der Waals surface area (Å²) in [4.78, 5) is 26.8. The predicted octanol–water partition coefficient (Wildman–Crippen LogP) is 2.09. The Morgan fingerprint density at radius 2 is 1.55 bits per heavy atom. The van der Waals surface area contributed by atoms with Crippen LogP contribution >= 0.6 is 0 Å². The summed E-state index contributed by atoms with van der Waals surface area (Å²) in [6, 6.07) is 0. The molecular formula is C14H24N2O4. The number of piperidine rings is 1. The highest BCUT2D eigenvalue weighted by Gasteiger charge is 2.48. The second kappa shape index (κ2) is 5.14. The molecule has 2 heterocycles. The zero-order valence-electron chi connectivity index (χ0n) is 12.8. The van der Waals surface area contributed by atoms with Crippen molar-refractivity contribution >= 4 is 12.2 Å². The highest BCUT2D eigenvalue weighted by molar-refractivity contribution is 5.69. The van der Waals surface area contributed by atoms with Crippen molar-refractivity contribution in [3.05, 3.63) is 0 Å². The summed E-state index contributed by atoms with van der Waals surface area (Å²) in [7, 11) is 1.40. The first kappa shape index (κ1) is 14.9. The first-order chi connectivity index (χ1) is 9.25. The van der Waals surface area contributed by atoms with Crippen molar-refractivity contribution < 1.29 is 19.1 Å². The van der Waals surface area contributed by atoms with E-state index in [-0.39, 0.29) is 17.6 Å². The number of hydrogen-bond acceptors (Lipinski definition) is 4. The number of amides is 2. The minimum atomic E-state index is -0.454. The molecule has 1 spiro atoms. The second-order valence-electron chi connectivity index (χ2n) is 6.79. The standard InChI is InChI=1S/C14H24N2O4/c1-13(2,3)20-12(18)15-7-5-14(6-8-15)9-16(10-14)11(17)19-4/h5-10H2,1-4H3. The molecule has 0 aliphatic carbocycles. The average molecular weight is 284 g/mol. The van der Waals surface area contributed by atoms with Crippen LogP contribution in [-0.2, 0) is 9.47 Å². The number of carbonyl (C=O) groups is 2. The third kappa shape index (κ3) is 3.16. The maximum Gasteiger partial charge on any atom is 0.410 e. The molecule has 0 bridgehead atoms. The van der Waals surface area contributed by atoms with Crippen LogP contribution < -0.4 is 0 Å². The zero-order chi connectivity index (χ0) is 15.0. The molecule has 0 atom stereocenters. The third-order valence-electron chi connectivity index (χ3n) is 3.96. The van der Waals surface area contributed by atoms with E-state index in [9.17, 15) is 9.59 Å². The molecule has 2 aliphatic heterocycles. The summed E-state index contributed by atoms with van der Waals surface area (Å²) in [6.07, 6.45) is 1.33. The normalized spacial score (nSPS) is 21.4. The number of likely N-dealkylation sites (tertiary alicyclic amines) is 2. The molecular weight excluding hydrogens is 260 g/mol. The summed E-state index contributed by atoms with van der Waals surface area (Å²) in [5.41, 5.74) is -0.281. The lowest BCUT2D eigenvalue weighted by atomic mass is 9.72. The lowest BCUT2D eigenvalue weighted by Gasteiger charge is -2.53.